The molecule has 1 aliphatic rings. The maximum atomic E-state index is 13.4. The van der Waals surface area contributed by atoms with Crippen molar-refractivity contribution in [3.63, 3.8) is 0 Å². The smallest absolute Gasteiger partial charge is 0.197 e. The van der Waals surface area contributed by atoms with E-state index in [2.05, 4.69) is 50.8 Å². The Labute approximate surface area is 178 Å². The van der Waals surface area contributed by atoms with Gasteiger partial charge >= 0.3 is 0 Å². The monoisotopic (exact) mass is 405 g/mol. The molecule has 0 amide bonds. The van der Waals surface area contributed by atoms with Crippen molar-refractivity contribution in [3.05, 3.63) is 64.4 Å². The topological polar surface area (TPSA) is 42.7 Å². The molecule has 4 nitrogen and oxygen atoms in total. The first-order valence-electron chi connectivity index (χ1n) is 10.9. The highest BCUT2D eigenvalue weighted by Crippen LogP contribution is 2.46. The van der Waals surface area contributed by atoms with Crippen molar-refractivity contribution < 1.29 is 13.9 Å². The second-order valence-electron chi connectivity index (χ2n) is 8.63. The molecule has 0 fully saturated rings. The molecule has 158 valence electrons. The van der Waals surface area contributed by atoms with Crippen LogP contribution in [-0.4, -0.2) is 37.4 Å². The lowest BCUT2D eigenvalue weighted by Gasteiger charge is -2.30. The number of methoxy groups -OCH3 is 1. The van der Waals surface area contributed by atoms with Crippen LogP contribution in [0.5, 0.6) is 5.75 Å². The van der Waals surface area contributed by atoms with Crippen molar-refractivity contribution in [2.45, 2.75) is 46.0 Å². The quantitative estimate of drug-likeness (QED) is 0.514. The Morgan fingerprint density at radius 2 is 1.83 bits per heavy atom. The fourth-order valence-corrected chi connectivity index (χ4v) is 4.63. The van der Waals surface area contributed by atoms with Gasteiger partial charge in [-0.25, -0.2) is 0 Å². The van der Waals surface area contributed by atoms with Gasteiger partial charge in [0, 0.05) is 16.4 Å². The summed E-state index contributed by atoms with van der Waals surface area (Å²) in [4.78, 5) is 15.8. The van der Waals surface area contributed by atoms with E-state index in [0.717, 1.165) is 66.1 Å². The van der Waals surface area contributed by atoms with Crippen LogP contribution in [0.25, 0.3) is 11.0 Å². The molecule has 30 heavy (non-hydrogen) atoms. The van der Waals surface area contributed by atoms with Crippen LogP contribution in [0, 0.1) is 0 Å². The van der Waals surface area contributed by atoms with Crippen molar-refractivity contribution in [3.8, 4) is 5.75 Å². The van der Waals surface area contributed by atoms with Crippen molar-refractivity contribution in [1.82, 2.24) is 4.90 Å². The number of hydrogen-bond acceptors (Lipinski definition) is 4. The molecule has 0 radical (unpaired) electrons. The Hall–Kier alpha value is -2.59. The normalized spacial score (nSPS) is 14.8. The number of hydrogen-bond donors (Lipinski definition) is 0. The molecule has 0 unspecified atom stereocenters. The van der Waals surface area contributed by atoms with Gasteiger partial charge in [-0.2, -0.15) is 0 Å². The van der Waals surface area contributed by atoms with E-state index in [1.807, 2.05) is 18.2 Å². The minimum absolute atomic E-state index is 0.0370. The van der Waals surface area contributed by atoms with Crippen LogP contribution in [0.2, 0.25) is 0 Å². The summed E-state index contributed by atoms with van der Waals surface area (Å²) >= 11 is 0. The second-order valence-corrected chi connectivity index (χ2v) is 8.63. The number of carbonyl (C=O) groups is 1. The van der Waals surface area contributed by atoms with Gasteiger partial charge in [0.25, 0.3) is 0 Å². The zero-order valence-electron chi connectivity index (χ0n) is 18.7. The van der Waals surface area contributed by atoms with Crippen LogP contribution in [0.1, 0.15) is 66.9 Å². The number of furan rings is 1. The Morgan fingerprint density at radius 3 is 2.53 bits per heavy atom. The average Bonchev–Trinajstić information content (AvgIpc) is 3.15. The molecule has 0 saturated heterocycles. The third kappa shape index (κ3) is 3.33. The predicted molar refractivity (Wildman–Crippen MR) is 121 cm³/mol. The largest absolute Gasteiger partial charge is 0.497 e. The first-order chi connectivity index (χ1) is 14.4. The maximum absolute atomic E-state index is 13.4. The van der Waals surface area contributed by atoms with Gasteiger partial charge in [0.15, 0.2) is 5.78 Å². The Kier molecular flexibility index (Phi) is 5.46. The highest BCUT2D eigenvalue weighted by molar-refractivity contribution is 6.19. The molecule has 0 saturated carbocycles. The molecule has 4 heteroatoms. The lowest BCUT2D eigenvalue weighted by atomic mass is 9.71. The highest BCUT2D eigenvalue weighted by Gasteiger charge is 2.41. The number of ether oxygens (including phenoxy) is 1. The molecule has 3 aromatic rings. The molecular formula is C26H31NO3. The van der Waals surface area contributed by atoms with Gasteiger partial charge in [-0.05, 0) is 81.7 Å². The van der Waals surface area contributed by atoms with E-state index in [9.17, 15) is 4.79 Å². The summed E-state index contributed by atoms with van der Waals surface area (Å²) in [5.74, 6) is 1.54. The standard InChI is InChI=1S/C26H31NO3/c1-6-27(7-2)14-8-9-17-10-12-20-22(15-17)30-25-23(20)24(28)19-13-11-18(29-5)16-21(19)26(25,3)4/h10-13,15-16H,6-9,14H2,1-5H3. The molecule has 1 aromatic heterocycles. The molecule has 0 bridgehead atoms. The van der Waals surface area contributed by atoms with Crippen molar-refractivity contribution >= 4 is 16.8 Å². The van der Waals surface area contributed by atoms with Crippen molar-refractivity contribution in [1.29, 1.82) is 0 Å². The van der Waals surface area contributed by atoms with Crippen LogP contribution in [-0.2, 0) is 11.8 Å². The minimum atomic E-state index is -0.408. The molecule has 1 aliphatic carbocycles. The van der Waals surface area contributed by atoms with Crippen molar-refractivity contribution in [2.24, 2.45) is 0 Å². The summed E-state index contributed by atoms with van der Waals surface area (Å²) in [6.45, 7) is 11.9. The van der Waals surface area contributed by atoms with Gasteiger partial charge in [0.05, 0.1) is 12.7 Å². The van der Waals surface area contributed by atoms with Gasteiger partial charge in [-0.3, -0.25) is 4.79 Å². The van der Waals surface area contributed by atoms with E-state index in [1.54, 1.807) is 7.11 Å². The molecule has 4 rings (SSSR count). The Balaban J connectivity index is 1.70. The second kappa shape index (κ2) is 7.92. The van der Waals surface area contributed by atoms with Crippen LogP contribution < -0.4 is 4.74 Å². The summed E-state index contributed by atoms with van der Waals surface area (Å²) in [7, 11) is 1.65. The number of benzene rings is 2. The van der Waals surface area contributed by atoms with E-state index in [4.69, 9.17) is 9.15 Å². The summed E-state index contributed by atoms with van der Waals surface area (Å²) < 4.78 is 11.7. The van der Waals surface area contributed by atoms with Crippen molar-refractivity contribution in [2.75, 3.05) is 26.7 Å². The van der Waals surface area contributed by atoms with Gasteiger partial charge in [0.2, 0.25) is 0 Å². The number of nitrogens with zero attached hydrogens (tertiary/aromatic N) is 1. The van der Waals surface area contributed by atoms with Gasteiger partial charge in [-0.15, -0.1) is 0 Å². The van der Waals surface area contributed by atoms with E-state index in [-0.39, 0.29) is 5.78 Å². The highest BCUT2D eigenvalue weighted by atomic mass is 16.5. The van der Waals surface area contributed by atoms with Crippen LogP contribution >= 0.6 is 0 Å². The SMILES string of the molecule is CCN(CC)CCCc1ccc2c3c(oc2c1)C(C)(C)c1cc(OC)ccc1C3=O. The van der Waals surface area contributed by atoms with E-state index < -0.39 is 5.41 Å². The van der Waals surface area contributed by atoms with E-state index in [0.29, 0.717) is 5.56 Å². The summed E-state index contributed by atoms with van der Waals surface area (Å²) in [6.07, 6.45) is 2.12. The lowest BCUT2D eigenvalue weighted by molar-refractivity contribution is 0.102. The third-order valence-corrected chi connectivity index (χ3v) is 6.53. The summed E-state index contributed by atoms with van der Waals surface area (Å²) in [5, 5.41) is 0.914. The molecule has 0 aliphatic heterocycles. The van der Waals surface area contributed by atoms with Crippen LogP contribution in [0.15, 0.2) is 40.8 Å². The van der Waals surface area contributed by atoms with E-state index in [1.165, 1.54) is 5.56 Å². The summed E-state index contributed by atoms with van der Waals surface area (Å²) in [6, 6.07) is 12.0. The zero-order chi connectivity index (χ0) is 21.5. The van der Waals surface area contributed by atoms with Crippen LogP contribution in [0.3, 0.4) is 0 Å². The fourth-order valence-electron chi connectivity index (χ4n) is 4.63. The number of rotatable bonds is 7. The molecular weight excluding hydrogens is 374 g/mol. The molecule has 0 spiro atoms. The molecule has 2 aromatic carbocycles. The molecule has 1 heterocycles. The van der Waals surface area contributed by atoms with Gasteiger partial charge < -0.3 is 14.1 Å². The predicted octanol–water partition coefficient (Wildman–Crippen LogP) is 5.59. The van der Waals surface area contributed by atoms with E-state index >= 15 is 0 Å². The minimum Gasteiger partial charge on any atom is -0.497 e. The first kappa shape index (κ1) is 20.7. The number of aryl methyl sites for hydroxylation is 1. The molecule has 0 N–H and O–H groups in total. The summed E-state index contributed by atoms with van der Waals surface area (Å²) in [5.41, 5.74) is 4.06. The number of carbonyl (C=O) groups excluding carboxylic acids is 1. The average molecular weight is 406 g/mol. The maximum Gasteiger partial charge on any atom is 0.197 e. The zero-order valence-corrected chi connectivity index (χ0v) is 18.7. The van der Waals surface area contributed by atoms with Gasteiger partial charge in [0.1, 0.15) is 17.1 Å². The third-order valence-electron chi connectivity index (χ3n) is 6.53. The van der Waals surface area contributed by atoms with Crippen LogP contribution in [0.4, 0.5) is 0 Å². The Bertz CT molecular complexity index is 1090. The number of ketones is 1. The van der Waals surface area contributed by atoms with Gasteiger partial charge in [-0.1, -0.05) is 26.0 Å². The lowest BCUT2D eigenvalue weighted by Crippen LogP contribution is -2.29. The number of fused-ring (bicyclic) bond motifs is 4. The molecule has 0 atom stereocenters. The fraction of sp³-hybridized carbons (Fsp3) is 0.423. The Morgan fingerprint density at radius 1 is 1.07 bits per heavy atom. The first-order valence-corrected chi connectivity index (χ1v) is 10.9.